The van der Waals surface area contributed by atoms with Gasteiger partial charge in [-0.05, 0) is 46.8 Å². The highest BCUT2D eigenvalue weighted by Crippen LogP contribution is 2.13. The van der Waals surface area contributed by atoms with E-state index in [0.29, 0.717) is 11.3 Å². The normalized spacial score (nSPS) is 12.2. The molecule has 0 aromatic heterocycles. The first-order chi connectivity index (χ1) is 10.6. The fourth-order valence-corrected chi connectivity index (χ4v) is 1.78. The van der Waals surface area contributed by atoms with Gasteiger partial charge in [-0.2, -0.15) is 0 Å². The summed E-state index contributed by atoms with van der Waals surface area (Å²) in [6.45, 7) is 8.44. The van der Waals surface area contributed by atoms with E-state index < -0.39 is 11.9 Å². The molecule has 0 fully saturated rings. The molecule has 0 radical (unpaired) electrons. The lowest BCUT2D eigenvalue weighted by Crippen LogP contribution is -2.51. The third-order valence-corrected chi connectivity index (χ3v) is 2.88. The molecule has 6 nitrogen and oxygen atoms in total. The van der Waals surface area contributed by atoms with E-state index in [4.69, 9.17) is 4.74 Å². The Hall–Kier alpha value is -2.37. The van der Waals surface area contributed by atoms with Crippen LogP contribution in [0, 0.1) is 0 Å². The average Bonchev–Trinajstić information content (AvgIpc) is 2.43. The first-order valence-corrected chi connectivity index (χ1v) is 7.43. The van der Waals surface area contributed by atoms with Gasteiger partial charge in [-0.25, -0.2) is 0 Å². The second-order valence-corrected chi connectivity index (χ2v) is 6.40. The number of hydrogen-bond donors (Lipinski definition) is 2. The van der Waals surface area contributed by atoms with Crippen molar-refractivity contribution in [3.05, 3.63) is 29.8 Å². The van der Waals surface area contributed by atoms with Crippen LogP contribution in [-0.4, -0.2) is 35.8 Å². The number of amides is 2. The van der Waals surface area contributed by atoms with Crippen molar-refractivity contribution in [2.24, 2.45) is 0 Å². The zero-order valence-electron chi connectivity index (χ0n) is 14.2. The monoisotopic (exact) mass is 320 g/mol. The van der Waals surface area contributed by atoms with Gasteiger partial charge in [-0.1, -0.05) is 12.1 Å². The number of carbonyl (C=O) groups is 3. The molecule has 0 spiro atoms. The first-order valence-electron chi connectivity index (χ1n) is 7.43. The number of benzene rings is 1. The molecule has 1 atom stereocenters. The van der Waals surface area contributed by atoms with Crippen molar-refractivity contribution < 1.29 is 19.1 Å². The van der Waals surface area contributed by atoms with Crippen LogP contribution >= 0.6 is 0 Å². The Morgan fingerprint density at radius 2 is 1.87 bits per heavy atom. The summed E-state index contributed by atoms with van der Waals surface area (Å²) >= 11 is 0. The average molecular weight is 320 g/mol. The molecule has 0 aliphatic carbocycles. The molecule has 0 aliphatic rings. The predicted molar refractivity (Wildman–Crippen MR) is 87.4 cm³/mol. The molecule has 2 amide bonds. The van der Waals surface area contributed by atoms with Gasteiger partial charge in [0.1, 0.15) is 11.8 Å². The third-order valence-electron chi connectivity index (χ3n) is 2.88. The van der Waals surface area contributed by atoms with Gasteiger partial charge in [0.15, 0.2) is 12.4 Å². The first kappa shape index (κ1) is 18.7. The van der Waals surface area contributed by atoms with Crippen LogP contribution < -0.4 is 15.4 Å². The minimum Gasteiger partial charge on any atom is -0.484 e. The Morgan fingerprint density at radius 3 is 2.43 bits per heavy atom. The molecule has 0 heterocycles. The zero-order chi connectivity index (χ0) is 17.6. The number of hydrogen-bond acceptors (Lipinski definition) is 4. The summed E-state index contributed by atoms with van der Waals surface area (Å²) in [4.78, 5) is 35.0. The maximum Gasteiger partial charge on any atom is 0.258 e. The summed E-state index contributed by atoms with van der Waals surface area (Å²) in [5, 5.41) is 5.35. The molecule has 0 aliphatic heterocycles. The molecule has 1 aromatic carbocycles. The summed E-state index contributed by atoms with van der Waals surface area (Å²) in [5.74, 6) is -0.314. The fraction of sp³-hybridized carbons (Fsp3) is 0.471. The number of rotatable bonds is 6. The van der Waals surface area contributed by atoms with Crippen molar-refractivity contribution >= 4 is 17.6 Å². The van der Waals surface area contributed by atoms with E-state index in [1.54, 1.807) is 31.2 Å². The highest BCUT2D eigenvalue weighted by atomic mass is 16.5. The standard InChI is InChI=1S/C17H24N2O4/c1-11(16(22)19-17(3,4)5)18-15(21)10-23-14-8-6-7-13(9-14)12(2)20/h6-9,11H,10H2,1-5H3,(H,18,21)(H,19,22). The molecule has 6 heteroatoms. The minimum atomic E-state index is -0.658. The largest absolute Gasteiger partial charge is 0.484 e. The lowest BCUT2D eigenvalue weighted by atomic mass is 10.1. The van der Waals surface area contributed by atoms with E-state index in [2.05, 4.69) is 10.6 Å². The van der Waals surface area contributed by atoms with Crippen LogP contribution in [-0.2, 0) is 9.59 Å². The molecule has 1 aromatic rings. The van der Waals surface area contributed by atoms with Crippen LogP contribution in [0.5, 0.6) is 5.75 Å². The third kappa shape index (κ3) is 6.95. The number of ether oxygens (including phenoxy) is 1. The second-order valence-electron chi connectivity index (χ2n) is 6.40. The Kier molecular flexibility index (Phi) is 6.30. The fourth-order valence-electron chi connectivity index (χ4n) is 1.78. The van der Waals surface area contributed by atoms with Crippen LogP contribution in [0.2, 0.25) is 0 Å². The predicted octanol–water partition coefficient (Wildman–Crippen LogP) is 1.69. The number of Topliss-reactive ketones (excluding diaryl/α,β-unsaturated/α-hetero) is 1. The highest BCUT2D eigenvalue weighted by Gasteiger charge is 2.20. The Labute approximate surface area is 136 Å². The Bertz CT molecular complexity index is 591. The summed E-state index contributed by atoms with van der Waals surface area (Å²) in [6, 6.07) is 5.94. The van der Waals surface area contributed by atoms with E-state index in [0.717, 1.165) is 0 Å². The summed E-state index contributed by atoms with van der Waals surface area (Å²) in [7, 11) is 0. The summed E-state index contributed by atoms with van der Waals surface area (Å²) in [6.07, 6.45) is 0. The minimum absolute atomic E-state index is 0.0765. The van der Waals surface area contributed by atoms with Crippen molar-refractivity contribution in [3.8, 4) is 5.75 Å². The summed E-state index contributed by atoms with van der Waals surface area (Å²) < 4.78 is 5.34. The quantitative estimate of drug-likeness (QED) is 0.781. The topological polar surface area (TPSA) is 84.5 Å². The lowest BCUT2D eigenvalue weighted by molar-refractivity contribution is -0.130. The van der Waals surface area contributed by atoms with E-state index in [9.17, 15) is 14.4 Å². The summed E-state index contributed by atoms with van der Waals surface area (Å²) in [5.41, 5.74) is 0.153. The van der Waals surface area contributed by atoms with Crippen LogP contribution in [0.15, 0.2) is 24.3 Å². The van der Waals surface area contributed by atoms with E-state index >= 15 is 0 Å². The van der Waals surface area contributed by atoms with Gasteiger partial charge in [-0.3, -0.25) is 14.4 Å². The van der Waals surface area contributed by atoms with Crippen LogP contribution in [0.25, 0.3) is 0 Å². The molecule has 0 bridgehead atoms. The second kappa shape index (κ2) is 7.76. The molecule has 0 saturated heterocycles. The maximum absolute atomic E-state index is 11.9. The van der Waals surface area contributed by atoms with Gasteiger partial charge in [-0.15, -0.1) is 0 Å². The van der Waals surface area contributed by atoms with Gasteiger partial charge >= 0.3 is 0 Å². The van der Waals surface area contributed by atoms with Gasteiger partial charge < -0.3 is 15.4 Å². The number of ketones is 1. The SMILES string of the molecule is CC(=O)c1cccc(OCC(=O)NC(C)C(=O)NC(C)(C)C)c1. The van der Waals surface area contributed by atoms with Crippen molar-refractivity contribution in [3.63, 3.8) is 0 Å². The number of nitrogens with one attached hydrogen (secondary N) is 2. The van der Waals surface area contributed by atoms with Crippen molar-refractivity contribution in [1.82, 2.24) is 10.6 Å². The van der Waals surface area contributed by atoms with Crippen molar-refractivity contribution in [1.29, 1.82) is 0 Å². The Morgan fingerprint density at radius 1 is 1.22 bits per heavy atom. The van der Waals surface area contributed by atoms with Gasteiger partial charge in [0, 0.05) is 11.1 Å². The van der Waals surface area contributed by atoms with E-state index in [1.165, 1.54) is 6.92 Å². The van der Waals surface area contributed by atoms with Crippen molar-refractivity contribution in [2.45, 2.75) is 46.2 Å². The Balaban J connectivity index is 2.49. The highest BCUT2D eigenvalue weighted by molar-refractivity contribution is 5.94. The molecular weight excluding hydrogens is 296 g/mol. The molecule has 1 unspecified atom stereocenters. The van der Waals surface area contributed by atoms with E-state index in [-0.39, 0.29) is 23.8 Å². The smallest absolute Gasteiger partial charge is 0.258 e. The van der Waals surface area contributed by atoms with Crippen LogP contribution in [0.4, 0.5) is 0 Å². The molecule has 2 N–H and O–H groups in total. The molecule has 0 saturated carbocycles. The van der Waals surface area contributed by atoms with Crippen molar-refractivity contribution in [2.75, 3.05) is 6.61 Å². The molecule has 1 rings (SSSR count). The molecule has 23 heavy (non-hydrogen) atoms. The zero-order valence-corrected chi connectivity index (χ0v) is 14.2. The van der Waals surface area contributed by atoms with E-state index in [1.807, 2.05) is 20.8 Å². The van der Waals surface area contributed by atoms with Crippen LogP contribution in [0.1, 0.15) is 45.0 Å². The van der Waals surface area contributed by atoms with Gasteiger partial charge in [0.05, 0.1) is 0 Å². The lowest BCUT2D eigenvalue weighted by Gasteiger charge is -2.23. The molecular formula is C17H24N2O4. The maximum atomic E-state index is 11.9. The number of carbonyl (C=O) groups excluding carboxylic acids is 3. The van der Waals surface area contributed by atoms with Crippen LogP contribution in [0.3, 0.4) is 0 Å². The van der Waals surface area contributed by atoms with Gasteiger partial charge in [0.25, 0.3) is 5.91 Å². The molecule has 126 valence electrons. The van der Waals surface area contributed by atoms with Gasteiger partial charge in [0.2, 0.25) is 5.91 Å².